The zero-order chi connectivity index (χ0) is 16.8. The van der Waals surface area contributed by atoms with Crippen LogP contribution in [0.5, 0.6) is 0 Å². The van der Waals surface area contributed by atoms with Gasteiger partial charge in [-0.15, -0.1) is 0 Å². The van der Waals surface area contributed by atoms with E-state index in [9.17, 15) is 9.59 Å². The Balaban J connectivity index is 1.87. The van der Waals surface area contributed by atoms with Gasteiger partial charge in [-0.1, -0.05) is 0 Å². The minimum Gasteiger partial charge on any atom is -0.379 e. The summed E-state index contributed by atoms with van der Waals surface area (Å²) >= 11 is 0. The molecular formula is C15H22N4O4. The van der Waals surface area contributed by atoms with Crippen LogP contribution in [-0.2, 0) is 23.6 Å². The molecule has 1 saturated heterocycles. The highest BCUT2D eigenvalue weighted by Gasteiger charge is 2.16. The van der Waals surface area contributed by atoms with Crippen molar-refractivity contribution in [3.8, 4) is 6.07 Å². The minimum atomic E-state index is -0.590. The number of rotatable bonds is 7. The summed E-state index contributed by atoms with van der Waals surface area (Å²) in [6.07, 6.45) is 3.02. The molecule has 1 fully saturated rings. The summed E-state index contributed by atoms with van der Waals surface area (Å²) < 4.78 is 13.2. The second-order valence-corrected chi connectivity index (χ2v) is 5.53. The van der Waals surface area contributed by atoms with Crippen molar-refractivity contribution in [2.45, 2.75) is 25.4 Å². The van der Waals surface area contributed by atoms with Crippen molar-refractivity contribution < 1.29 is 9.47 Å². The Hall–Kier alpha value is -2.11. The quantitative estimate of drug-likeness (QED) is 0.707. The summed E-state index contributed by atoms with van der Waals surface area (Å²) in [7, 11) is 2.88. The number of nitriles is 1. The lowest BCUT2D eigenvalue weighted by atomic mass is 10.2. The molecule has 8 heteroatoms. The van der Waals surface area contributed by atoms with E-state index < -0.39 is 11.2 Å². The van der Waals surface area contributed by atoms with E-state index in [1.54, 1.807) is 0 Å². The van der Waals surface area contributed by atoms with Crippen molar-refractivity contribution in [3.05, 3.63) is 26.4 Å². The minimum absolute atomic E-state index is 0.0603. The van der Waals surface area contributed by atoms with E-state index in [2.05, 4.69) is 5.32 Å². The maximum Gasteiger partial charge on any atom is 0.332 e. The molecular weight excluding hydrogens is 300 g/mol. The van der Waals surface area contributed by atoms with Gasteiger partial charge in [0.2, 0.25) is 0 Å². The van der Waals surface area contributed by atoms with E-state index in [0.717, 1.165) is 24.0 Å². The highest BCUT2D eigenvalue weighted by molar-refractivity contribution is 5.51. The predicted molar refractivity (Wildman–Crippen MR) is 84.5 cm³/mol. The summed E-state index contributed by atoms with van der Waals surface area (Å²) in [4.78, 5) is 23.8. The molecule has 2 heterocycles. The van der Waals surface area contributed by atoms with Crippen molar-refractivity contribution in [1.82, 2.24) is 9.13 Å². The highest BCUT2D eigenvalue weighted by atomic mass is 16.5. The Morgan fingerprint density at radius 1 is 1.39 bits per heavy atom. The van der Waals surface area contributed by atoms with Gasteiger partial charge in [-0.2, -0.15) is 5.26 Å². The van der Waals surface area contributed by atoms with Gasteiger partial charge in [-0.25, -0.2) is 4.79 Å². The second-order valence-electron chi connectivity index (χ2n) is 5.53. The molecule has 8 nitrogen and oxygen atoms in total. The number of nitrogens with zero attached hydrogens (tertiary/aromatic N) is 3. The van der Waals surface area contributed by atoms with Crippen LogP contribution in [0.15, 0.2) is 9.59 Å². The third kappa shape index (κ3) is 4.00. The molecule has 1 aliphatic heterocycles. The summed E-state index contributed by atoms with van der Waals surface area (Å²) in [5.74, 6) is 0.250. The van der Waals surface area contributed by atoms with Crippen LogP contribution in [0.3, 0.4) is 0 Å². The van der Waals surface area contributed by atoms with Gasteiger partial charge in [0.05, 0.1) is 12.7 Å². The Morgan fingerprint density at radius 3 is 2.83 bits per heavy atom. The molecule has 0 radical (unpaired) electrons. The SMILES string of the molecule is Cn1c(NCCCOC[C@H]2CCCO2)c(C#N)c(=O)n(C)c1=O. The second kappa shape index (κ2) is 7.94. The first-order valence-electron chi connectivity index (χ1n) is 7.69. The van der Waals surface area contributed by atoms with Gasteiger partial charge in [0.15, 0.2) is 5.56 Å². The number of aromatic nitrogens is 2. The molecule has 1 aliphatic rings. The van der Waals surface area contributed by atoms with Crippen molar-refractivity contribution in [2.75, 3.05) is 31.7 Å². The molecule has 0 spiro atoms. The average Bonchev–Trinajstić information content (AvgIpc) is 3.06. The Labute approximate surface area is 134 Å². The zero-order valence-electron chi connectivity index (χ0n) is 13.5. The van der Waals surface area contributed by atoms with Gasteiger partial charge in [0, 0.05) is 33.9 Å². The van der Waals surface area contributed by atoms with Gasteiger partial charge < -0.3 is 14.8 Å². The van der Waals surface area contributed by atoms with E-state index in [1.807, 2.05) is 6.07 Å². The van der Waals surface area contributed by atoms with Crippen LogP contribution in [0.1, 0.15) is 24.8 Å². The van der Waals surface area contributed by atoms with Gasteiger partial charge in [-0.3, -0.25) is 13.9 Å². The molecule has 23 heavy (non-hydrogen) atoms. The van der Waals surface area contributed by atoms with Crippen LogP contribution < -0.4 is 16.6 Å². The van der Waals surface area contributed by atoms with E-state index in [1.165, 1.54) is 18.7 Å². The molecule has 0 aromatic carbocycles. The molecule has 1 N–H and O–H groups in total. The fourth-order valence-corrected chi connectivity index (χ4v) is 2.52. The predicted octanol–water partition coefficient (Wildman–Crippen LogP) is -0.0467. The fraction of sp³-hybridized carbons (Fsp3) is 0.667. The van der Waals surface area contributed by atoms with E-state index in [4.69, 9.17) is 14.7 Å². The smallest absolute Gasteiger partial charge is 0.332 e. The molecule has 2 rings (SSSR count). The van der Waals surface area contributed by atoms with Crippen LogP contribution >= 0.6 is 0 Å². The molecule has 0 amide bonds. The first-order chi connectivity index (χ1) is 11.1. The normalized spacial score (nSPS) is 17.2. The fourth-order valence-electron chi connectivity index (χ4n) is 2.52. The van der Waals surface area contributed by atoms with E-state index in [0.29, 0.717) is 26.2 Å². The molecule has 126 valence electrons. The van der Waals surface area contributed by atoms with Crippen LogP contribution in [-0.4, -0.2) is 41.6 Å². The molecule has 1 aromatic rings. The first kappa shape index (κ1) is 17.2. The Bertz CT molecular complexity index is 695. The molecule has 0 saturated carbocycles. The van der Waals surface area contributed by atoms with Gasteiger partial charge >= 0.3 is 5.69 Å². The number of hydrogen-bond acceptors (Lipinski definition) is 6. The van der Waals surface area contributed by atoms with E-state index in [-0.39, 0.29) is 17.5 Å². The number of hydrogen-bond donors (Lipinski definition) is 1. The van der Waals surface area contributed by atoms with E-state index >= 15 is 0 Å². The largest absolute Gasteiger partial charge is 0.379 e. The highest BCUT2D eigenvalue weighted by Crippen LogP contribution is 2.12. The zero-order valence-corrected chi connectivity index (χ0v) is 13.5. The van der Waals surface area contributed by atoms with Gasteiger partial charge in [0.25, 0.3) is 5.56 Å². The Morgan fingerprint density at radius 2 is 2.17 bits per heavy atom. The van der Waals surface area contributed by atoms with Crippen molar-refractivity contribution in [1.29, 1.82) is 5.26 Å². The third-order valence-corrected chi connectivity index (χ3v) is 3.86. The van der Waals surface area contributed by atoms with Crippen LogP contribution in [0, 0.1) is 11.3 Å². The first-order valence-corrected chi connectivity index (χ1v) is 7.69. The summed E-state index contributed by atoms with van der Waals surface area (Å²) in [5, 5.41) is 12.1. The monoisotopic (exact) mass is 322 g/mol. The lowest BCUT2D eigenvalue weighted by molar-refractivity contribution is 0.0172. The molecule has 1 aromatic heterocycles. The molecule has 1 atom stereocenters. The van der Waals surface area contributed by atoms with Crippen LogP contribution in [0.2, 0.25) is 0 Å². The van der Waals surface area contributed by atoms with Gasteiger partial charge in [0.1, 0.15) is 11.9 Å². The number of nitrogens with one attached hydrogen (secondary N) is 1. The summed E-state index contributed by atoms with van der Waals surface area (Å²) in [6, 6.07) is 1.86. The standard InChI is InChI=1S/C15H22N4O4/c1-18-13(12(9-16)14(20)19(2)15(18)21)17-6-4-7-22-10-11-5-3-8-23-11/h11,17H,3-8,10H2,1-2H3/t11-/m1/s1. The molecule has 0 bridgehead atoms. The lowest BCUT2D eigenvalue weighted by Crippen LogP contribution is -2.40. The molecule has 0 aliphatic carbocycles. The lowest BCUT2D eigenvalue weighted by Gasteiger charge is -2.14. The van der Waals surface area contributed by atoms with Crippen molar-refractivity contribution in [2.24, 2.45) is 14.1 Å². The van der Waals surface area contributed by atoms with Crippen LogP contribution in [0.25, 0.3) is 0 Å². The third-order valence-electron chi connectivity index (χ3n) is 3.86. The van der Waals surface area contributed by atoms with Crippen molar-refractivity contribution in [3.63, 3.8) is 0 Å². The summed E-state index contributed by atoms with van der Waals surface area (Å²) in [5.41, 5.74) is -1.12. The molecule has 0 unspecified atom stereocenters. The Kier molecular flexibility index (Phi) is 5.96. The number of anilines is 1. The van der Waals surface area contributed by atoms with Crippen molar-refractivity contribution >= 4 is 5.82 Å². The van der Waals surface area contributed by atoms with Crippen LogP contribution in [0.4, 0.5) is 5.82 Å². The number of ether oxygens (including phenoxy) is 2. The topological polar surface area (TPSA) is 98.3 Å². The van der Waals surface area contributed by atoms with Gasteiger partial charge in [-0.05, 0) is 19.3 Å². The summed E-state index contributed by atoms with van der Waals surface area (Å²) in [6.45, 7) is 2.45. The maximum absolute atomic E-state index is 11.9. The average molecular weight is 322 g/mol. The maximum atomic E-state index is 11.9.